The average molecular weight is 307 g/mol. The molecular weight excluding hydrogens is 278 g/mol. The molecule has 5 heteroatoms. The largest absolute Gasteiger partial charge is 0.465 e. The highest BCUT2D eigenvalue weighted by Crippen LogP contribution is 2.53. The highest BCUT2D eigenvalue weighted by molar-refractivity contribution is 6.42. The van der Waals surface area contributed by atoms with E-state index in [1.165, 1.54) is 0 Å². The Morgan fingerprint density at radius 2 is 1.77 bits per heavy atom. The van der Waals surface area contributed by atoms with E-state index >= 15 is 0 Å². The SMILES string of the molecule is CC(C)N=C1CCC2C(CC/C1=N/N)C2COC(=O)C(C)C. The molecule has 0 bridgehead atoms. The predicted molar refractivity (Wildman–Crippen MR) is 88.9 cm³/mol. The minimum Gasteiger partial charge on any atom is -0.465 e. The highest BCUT2D eigenvalue weighted by Gasteiger charge is 2.50. The molecule has 2 fully saturated rings. The minimum atomic E-state index is -0.0921. The van der Waals surface area contributed by atoms with Crippen LogP contribution in [0.25, 0.3) is 0 Å². The number of fused-ring (bicyclic) bond motifs is 1. The van der Waals surface area contributed by atoms with E-state index in [0.717, 1.165) is 37.1 Å². The minimum absolute atomic E-state index is 0.0490. The van der Waals surface area contributed by atoms with Crippen molar-refractivity contribution >= 4 is 17.4 Å². The number of hydrazone groups is 1. The lowest BCUT2D eigenvalue weighted by atomic mass is 9.97. The Morgan fingerprint density at radius 1 is 1.18 bits per heavy atom. The number of hydrogen-bond acceptors (Lipinski definition) is 5. The van der Waals surface area contributed by atoms with Gasteiger partial charge in [-0.25, -0.2) is 0 Å². The van der Waals surface area contributed by atoms with Crippen LogP contribution in [-0.2, 0) is 9.53 Å². The van der Waals surface area contributed by atoms with Crippen LogP contribution in [0.4, 0.5) is 0 Å². The monoisotopic (exact) mass is 307 g/mol. The molecule has 0 aliphatic heterocycles. The van der Waals surface area contributed by atoms with Gasteiger partial charge in [-0.15, -0.1) is 0 Å². The molecule has 2 N–H and O–H groups in total. The molecule has 124 valence electrons. The average Bonchev–Trinajstić information content (AvgIpc) is 3.10. The Bertz CT molecular complexity index is 469. The third kappa shape index (κ3) is 4.08. The fourth-order valence-electron chi connectivity index (χ4n) is 3.46. The van der Waals surface area contributed by atoms with Crippen LogP contribution in [-0.4, -0.2) is 30.0 Å². The van der Waals surface area contributed by atoms with E-state index in [2.05, 4.69) is 23.9 Å². The summed E-state index contributed by atoms with van der Waals surface area (Å²) in [5.74, 6) is 7.24. The van der Waals surface area contributed by atoms with E-state index in [1.807, 2.05) is 13.8 Å². The van der Waals surface area contributed by atoms with Crippen molar-refractivity contribution in [2.45, 2.75) is 59.4 Å². The quantitative estimate of drug-likeness (QED) is 0.493. The van der Waals surface area contributed by atoms with Gasteiger partial charge < -0.3 is 10.6 Å². The van der Waals surface area contributed by atoms with E-state index < -0.39 is 0 Å². The first kappa shape index (κ1) is 17.0. The maximum Gasteiger partial charge on any atom is 0.308 e. The molecule has 22 heavy (non-hydrogen) atoms. The van der Waals surface area contributed by atoms with Crippen LogP contribution in [0.15, 0.2) is 10.1 Å². The van der Waals surface area contributed by atoms with Crippen molar-refractivity contribution in [1.82, 2.24) is 0 Å². The van der Waals surface area contributed by atoms with Crippen LogP contribution in [0.2, 0.25) is 0 Å². The summed E-state index contributed by atoms with van der Waals surface area (Å²) in [6, 6.07) is 0.268. The van der Waals surface area contributed by atoms with E-state index in [0.29, 0.717) is 24.4 Å². The summed E-state index contributed by atoms with van der Waals surface area (Å²) in [5, 5.41) is 3.96. The number of nitrogens with two attached hydrogens (primary N) is 1. The molecule has 0 aromatic carbocycles. The first-order chi connectivity index (χ1) is 10.4. The normalized spacial score (nSPS) is 32.0. The Morgan fingerprint density at radius 3 is 2.27 bits per heavy atom. The lowest BCUT2D eigenvalue weighted by Gasteiger charge is -2.13. The molecule has 2 aliphatic rings. The Hall–Kier alpha value is -1.39. The van der Waals surface area contributed by atoms with E-state index in [4.69, 9.17) is 10.6 Å². The van der Waals surface area contributed by atoms with Crippen LogP contribution in [0.5, 0.6) is 0 Å². The number of carbonyl (C=O) groups excluding carboxylic acids is 1. The molecule has 0 spiro atoms. The molecule has 2 aliphatic carbocycles. The standard InChI is InChI=1S/C17H29N3O2/c1-10(2)17(21)22-9-14-12-5-7-15(19-11(3)4)16(20-18)8-6-13(12)14/h10-14H,5-9,18H2,1-4H3/b19-15?,20-16-. The fraction of sp³-hybridized carbons (Fsp3) is 0.824. The molecule has 2 saturated carbocycles. The van der Waals surface area contributed by atoms with Crippen LogP contribution in [0.1, 0.15) is 53.4 Å². The van der Waals surface area contributed by atoms with Crippen molar-refractivity contribution in [2.24, 2.45) is 39.6 Å². The molecule has 0 aromatic heterocycles. The zero-order chi connectivity index (χ0) is 16.3. The number of nitrogens with zero attached hydrogens (tertiary/aromatic N) is 2. The summed E-state index contributed by atoms with van der Waals surface area (Å²) in [7, 11) is 0. The maximum atomic E-state index is 11.6. The van der Waals surface area contributed by atoms with Gasteiger partial charge in [0.05, 0.1) is 23.9 Å². The van der Waals surface area contributed by atoms with Crippen LogP contribution >= 0.6 is 0 Å². The number of ether oxygens (including phenoxy) is 1. The molecule has 0 amide bonds. The molecule has 0 radical (unpaired) electrons. The van der Waals surface area contributed by atoms with Gasteiger partial charge in [0.15, 0.2) is 0 Å². The van der Waals surface area contributed by atoms with Crippen LogP contribution in [0, 0.1) is 23.7 Å². The Kier molecular flexibility index (Phi) is 5.59. The van der Waals surface area contributed by atoms with Gasteiger partial charge in [-0.1, -0.05) is 13.8 Å². The zero-order valence-corrected chi connectivity index (χ0v) is 14.2. The van der Waals surface area contributed by atoms with Gasteiger partial charge in [-0.2, -0.15) is 5.10 Å². The second-order valence-electron chi connectivity index (χ2n) is 7.10. The first-order valence-corrected chi connectivity index (χ1v) is 8.44. The van der Waals surface area contributed by atoms with E-state index in [-0.39, 0.29) is 17.9 Å². The molecule has 5 nitrogen and oxygen atoms in total. The number of hydrogen-bond donors (Lipinski definition) is 1. The first-order valence-electron chi connectivity index (χ1n) is 8.44. The summed E-state index contributed by atoms with van der Waals surface area (Å²) < 4.78 is 5.42. The number of aliphatic imine (C=N–C) groups is 1. The molecule has 0 aromatic rings. The number of esters is 1. The zero-order valence-electron chi connectivity index (χ0n) is 14.2. The molecule has 0 saturated heterocycles. The van der Waals surface area contributed by atoms with Crippen molar-refractivity contribution in [3.05, 3.63) is 0 Å². The maximum absolute atomic E-state index is 11.6. The van der Waals surface area contributed by atoms with Crippen LogP contribution in [0.3, 0.4) is 0 Å². The highest BCUT2D eigenvalue weighted by atomic mass is 16.5. The van der Waals surface area contributed by atoms with Gasteiger partial charge in [-0.05, 0) is 57.3 Å². The van der Waals surface area contributed by atoms with Gasteiger partial charge in [0.1, 0.15) is 0 Å². The van der Waals surface area contributed by atoms with Gasteiger partial charge in [0.25, 0.3) is 0 Å². The summed E-state index contributed by atoms with van der Waals surface area (Å²) in [6.07, 6.45) is 3.99. The lowest BCUT2D eigenvalue weighted by Crippen LogP contribution is -2.20. The van der Waals surface area contributed by atoms with Crippen molar-refractivity contribution in [1.29, 1.82) is 0 Å². The predicted octanol–water partition coefficient (Wildman–Crippen LogP) is 2.79. The third-order valence-corrected chi connectivity index (χ3v) is 4.73. The summed E-state index contributed by atoms with van der Waals surface area (Å²) in [5.41, 5.74) is 2.03. The molecule has 3 atom stereocenters. The summed E-state index contributed by atoms with van der Waals surface area (Å²) >= 11 is 0. The molecule has 2 rings (SSSR count). The molecule has 0 heterocycles. The van der Waals surface area contributed by atoms with Gasteiger partial charge in [-0.3, -0.25) is 9.79 Å². The van der Waals surface area contributed by atoms with Crippen LogP contribution < -0.4 is 5.84 Å². The van der Waals surface area contributed by atoms with Crippen molar-refractivity contribution in [3.8, 4) is 0 Å². The van der Waals surface area contributed by atoms with Gasteiger partial charge >= 0.3 is 5.97 Å². The summed E-state index contributed by atoms with van der Waals surface area (Å²) in [4.78, 5) is 16.3. The topological polar surface area (TPSA) is 77.0 Å². The van der Waals surface area contributed by atoms with E-state index in [9.17, 15) is 4.79 Å². The number of rotatable bonds is 4. The lowest BCUT2D eigenvalue weighted by molar-refractivity contribution is -0.148. The Labute approximate surface area is 133 Å². The van der Waals surface area contributed by atoms with Crippen molar-refractivity contribution < 1.29 is 9.53 Å². The molecular formula is C17H29N3O2. The van der Waals surface area contributed by atoms with E-state index in [1.54, 1.807) is 0 Å². The van der Waals surface area contributed by atoms with Crippen molar-refractivity contribution in [3.63, 3.8) is 0 Å². The van der Waals surface area contributed by atoms with Gasteiger partial charge in [0.2, 0.25) is 0 Å². The second kappa shape index (κ2) is 7.25. The third-order valence-electron chi connectivity index (χ3n) is 4.73. The van der Waals surface area contributed by atoms with Gasteiger partial charge in [0, 0.05) is 6.04 Å². The number of carbonyl (C=O) groups is 1. The second-order valence-corrected chi connectivity index (χ2v) is 7.10. The smallest absolute Gasteiger partial charge is 0.308 e. The fourth-order valence-corrected chi connectivity index (χ4v) is 3.46. The van der Waals surface area contributed by atoms with Crippen molar-refractivity contribution in [2.75, 3.05) is 6.61 Å². The Balaban J connectivity index is 1.93. The summed E-state index contributed by atoms with van der Waals surface area (Å²) in [6.45, 7) is 8.47. The molecule has 3 unspecified atom stereocenters.